The lowest BCUT2D eigenvalue weighted by molar-refractivity contribution is 0.0514. The molecule has 1 heterocycles. The Hall–Kier alpha value is -2.63. The first kappa shape index (κ1) is 14.8. The average molecular weight is 286 g/mol. The fraction of sp³-hybridized carbons (Fsp3) is 0.267. The van der Waals surface area contributed by atoms with Crippen molar-refractivity contribution in [1.29, 1.82) is 0 Å². The molecule has 6 heteroatoms. The molecule has 6 nitrogen and oxygen atoms in total. The zero-order chi connectivity index (χ0) is 15.2. The number of benzene rings is 1. The molecule has 2 rings (SSSR count). The summed E-state index contributed by atoms with van der Waals surface area (Å²) >= 11 is 0. The van der Waals surface area contributed by atoms with E-state index in [9.17, 15) is 4.79 Å². The molecule has 0 radical (unpaired) electrons. The van der Waals surface area contributed by atoms with Gasteiger partial charge in [0.05, 0.1) is 11.3 Å². The maximum atomic E-state index is 11.7. The van der Waals surface area contributed by atoms with Crippen LogP contribution in [0.25, 0.3) is 0 Å². The smallest absolute Gasteiger partial charge is 0.365 e. The van der Waals surface area contributed by atoms with Gasteiger partial charge < -0.3 is 10.6 Å². The molecule has 110 valence electrons. The third-order valence-corrected chi connectivity index (χ3v) is 2.94. The first-order valence-corrected chi connectivity index (χ1v) is 6.66. The summed E-state index contributed by atoms with van der Waals surface area (Å²) in [5.41, 5.74) is 8.19. The van der Waals surface area contributed by atoms with Gasteiger partial charge in [0.25, 0.3) is 0 Å². The van der Waals surface area contributed by atoms with Crippen LogP contribution in [0.1, 0.15) is 28.2 Å². The normalized spacial score (nSPS) is 11.4. The molecule has 0 aliphatic rings. The summed E-state index contributed by atoms with van der Waals surface area (Å²) in [6, 6.07) is 10.6. The van der Waals surface area contributed by atoms with E-state index in [4.69, 9.17) is 10.6 Å². The Balaban J connectivity index is 1.87. The van der Waals surface area contributed by atoms with E-state index in [0.29, 0.717) is 18.5 Å². The highest BCUT2D eigenvalue weighted by molar-refractivity contribution is 5.90. The molecule has 1 aromatic heterocycles. The van der Waals surface area contributed by atoms with E-state index in [0.717, 1.165) is 11.4 Å². The van der Waals surface area contributed by atoms with Crippen molar-refractivity contribution in [2.45, 2.75) is 26.8 Å². The number of oxime groups is 1. The lowest BCUT2D eigenvalue weighted by atomic mass is 10.2. The highest BCUT2D eigenvalue weighted by Gasteiger charge is 2.07. The molecular weight excluding hydrogens is 268 g/mol. The molecule has 0 unspecified atom stereocenters. The Bertz CT molecular complexity index is 647. The Kier molecular flexibility index (Phi) is 4.71. The fourth-order valence-corrected chi connectivity index (χ4v) is 1.89. The highest BCUT2D eigenvalue weighted by atomic mass is 16.7. The number of aryl methyl sites for hydroxylation is 3. The van der Waals surface area contributed by atoms with Gasteiger partial charge in [-0.05, 0) is 32.0 Å². The molecular formula is C15H18N4O2. The topological polar surface area (TPSA) is 82.5 Å². The Morgan fingerprint density at radius 2 is 2.05 bits per heavy atom. The van der Waals surface area contributed by atoms with Crippen molar-refractivity contribution in [3.8, 4) is 0 Å². The number of rotatable bonds is 5. The lowest BCUT2D eigenvalue weighted by Crippen LogP contribution is -2.17. The van der Waals surface area contributed by atoms with Crippen molar-refractivity contribution in [2.24, 2.45) is 10.9 Å². The second-order valence-corrected chi connectivity index (χ2v) is 4.73. The third-order valence-electron chi connectivity index (χ3n) is 2.94. The minimum Gasteiger partial charge on any atom is -0.384 e. The number of nitrogens with two attached hydrogens (primary N) is 1. The van der Waals surface area contributed by atoms with Crippen molar-refractivity contribution >= 4 is 11.8 Å². The van der Waals surface area contributed by atoms with Gasteiger partial charge in [0.2, 0.25) is 0 Å². The van der Waals surface area contributed by atoms with E-state index in [-0.39, 0.29) is 5.84 Å². The van der Waals surface area contributed by atoms with Crippen LogP contribution in [0.4, 0.5) is 0 Å². The van der Waals surface area contributed by atoms with Gasteiger partial charge in [-0.3, -0.25) is 4.68 Å². The average Bonchev–Trinajstić information content (AvgIpc) is 2.81. The van der Waals surface area contributed by atoms with Gasteiger partial charge in [-0.1, -0.05) is 23.4 Å². The molecule has 0 saturated heterocycles. The van der Waals surface area contributed by atoms with Crippen LogP contribution in [0.15, 0.2) is 41.6 Å². The largest absolute Gasteiger partial charge is 0.384 e. The van der Waals surface area contributed by atoms with E-state index >= 15 is 0 Å². The number of carbonyl (C=O) groups is 1. The standard InChI is InChI=1S/C15H18N4O2/c1-11-10-12(2)19(17-11)9-8-14(16)18-21-15(20)13-6-4-3-5-7-13/h3-7,10H,8-9H2,1-2H3,(H2,16,18). The van der Waals surface area contributed by atoms with Crippen LogP contribution in [0, 0.1) is 13.8 Å². The summed E-state index contributed by atoms with van der Waals surface area (Å²) < 4.78 is 1.84. The number of carbonyl (C=O) groups excluding carboxylic acids is 1. The maximum Gasteiger partial charge on any atom is 0.365 e. The van der Waals surface area contributed by atoms with Gasteiger partial charge in [-0.2, -0.15) is 5.10 Å². The number of aromatic nitrogens is 2. The summed E-state index contributed by atoms with van der Waals surface area (Å²) in [5, 5.41) is 7.98. The molecule has 21 heavy (non-hydrogen) atoms. The van der Waals surface area contributed by atoms with E-state index in [1.165, 1.54) is 0 Å². The van der Waals surface area contributed by atoms with E-state index in [1.54, 1.807) is 24.3 Å². The second-order valence-electron chi connectivity index (χ2n) is 4.73. The first-order chi connectivity index (χ1) is 10.1. The first-order valence-electron chi connectivity index (χ1n) is 6.66. The van der Waals surface area contributed by atoms with Gasteiger partial charge in [0, 0.05) is 18.7 Å². The minimum atomic E-state index is -0.523. The summed E-state index contributed by atoms with van der Waals surface area (Å²) in [5.74, 6) is -0.267. The highest BCUT2D eigenvalue weighted by Crippen LogP contribution is 2.04. The zero-order valence-electron chi connectivity index (χ0n) is 12.1. The van der Waals surface area contributed by atoms with Crippen LogP contribution in [0.3, 0.4) is 0 Å². The SMILES string of the molecule is Cc1cc(C)n(CCC(N)=NOC(=O)c2ccccc2)n1. The maximum absolute atomic E-state index is 11.7. The number of hydrogen-bond donors (Lipinski definition) is 1. The molecule has 0 spiro atoms. The summed E-state index contributed by atoms with van der Waals surface area (Å²) in [7, 11) is 0. The molecule has 0 bridgehead atoms. The van der Waals surface area contributed by atoms with Gasteiger partial charge in [0.1, 0.15) is 5.84 Å². The summed E-state index contributed by atoms with van der Waals surface area (Å²) in [6.45, 7) is 4.50. The predicted octanol–water partition coefficient (Wildman–Crippen LogP) is 2.02. The molecule has 0 fully saturated rings. The number of amidine groups is 1. The molecule has 2 N–H and O–H groups in total. The Labute approximate surface area is 123 Å². The van der Waals surface area contributed by atoms with Crippen LogP contribution in [-0.2, 0) is 11.4 Å². The molecule has 0 atom stereocenters. The van der Waals surface area contributed by atoms with Crippen LogP contribution in [-0.4, -0.2) is 21.6 Å². The van der Waals surface area contributed by atoms with Gasteiger partial charge >= 0.3 is 5.97 Å². The molecule has 0 aliphatic carbocycles. The Morgan fingerprint density at radius 1 is 1.33 bits per heavy atom. The Morgan fingerprint density at radius 3 is 2.67 bits per heavy atom. The second kappa shape index (κ2) is 6.69. The van der Waals surface area contributed by atoms with Crippen molar-refractivity contribution < 1.29 is 9.63 Å². The minimum absolute atomic E-state index is 0.256. The molecule has 2 aromatic rings. The predicted molar refractivity (Wildman–Crippen MR) is 79.8 cm³/mol. The third kappa shape index (κ3) is 4.17. The quantitative estimate of drug-likeness (QED) is 0.394. The van der Waals surface area contributed by atoms with Gasteiger partial charge in [-0.25, -0.2) is 4.79 Å². The monoisotopic (exact) mass is 286 g/mol. The lowest BCUT2D eigenvalue weighted by Gasteiger charge is -2.04. The van der Waals surface area contributed by atoms with Crippen LogP contribution in [0.2, 0.25) is 0 Å². The van der Waals surface area contributed by atoms with Crippen molar-refractivity contribution in [2.75, 3.05) is 0 Å². The number of nitrogens with zero attached hydrogens (tertiary/aromatic N) is 3. The summed E-state index contributed by atoms with van der Waals surface area (Å²) in [4.78, 5) is 16.5. The molecule has 1 aromatic carbocycles. The molecule has 0 saturated carbocycles. The van der Waals surface area contributed by atoms with Crippen LogP contribution >= 0.6 is 0 Å². The van der Waals surface area contributed by atoms with Crippen LogP contribution in [0.5, 0.6) is 0 Å². The zero-order valence-corrected chi connectivity index (χ0v) is 12.1. The summed E-state index contributed by atoms with van der Waals surface area (Å²) in [6.07, 6.45) is 0.462. The fourth-order valence-electron chi connectivity index (χ4n) is 1.89. The van der Waals surface area contributed by atoms with Gasteiger partial charge in [0.15, 0.2) is 0 Å². The van der Waals surface area contributed by atoms with E-state index in [1.807, 2.05) is 30.7 Å². The van der Waals surface area contributed by atoms with Gasteiger partial charge in [-0.15, -0.1) is 0 Å². The molecule has 0 aliphatic heterocycles. The van der Waals surface area contributed by atoms with Crippen LogP contribution < -0.4 is 5.73 Å². The molecule has 0 amide bonds. The van der Waals surface area contributed by atoms with E-state index < -0.39 is 5.97 Å². The van der Waals surface area contributed by atoms with Crippen molar-refractivity contribution in [3.05, 3.63) is 53.3 Å². The number of hydrogen-bond acceptors (Lipinski definition) is 4. The van der Waals surface area contributed by atoms with E-state index in [2.05, 4.69) is 10.3 Å². The van der Waals surface area contributed by atoms with Crippen molar-refractivity contribution in [1.82, 2.24) is 9.78 Å². The van der Waals surface area contributed by atoms with Crippen molar-refractivity contribution in [3.63, 3.8) is 0 Å².